The van der Waals surface area contributed by atoms with E-state index in [9.17, 15) is 0 Å². The van der Waals surface area contributed by atoms with Gasteiger partial charge in [-0.1, -0.05) is 30.3 Å². The highest BCUT2D eigenvalue weighted by atomic mass is 15.3. The number of hydrogen-bond donors (Lipinski definition) is 0. The van der Waals surface area contributed by atoms with E-state index in [0.717, 1.165) is 0 Å². The molecule has 1 aromatic rings. The number of likely N-dealkylation sites (tertiary alicyclic amines) is 1. The molecule has 0 atom stereocenters. The van der Waals surface area contributed by atoms with Gasteiger partial charge in [-0.3, -0.25) is 0 Å². The third-order valence-electron chi connectivity index (χ3n) is 4.58. The second-order valence-corrected chi connectivity index (χ2v) is 6.25. The maximum absolute atomic E-state index is 2.41. The largest absolute Gasteiger partial charge is 0.322 e. The number of nitrogens with zero attached hydrogens (tertiary/aromatic N) is 1. The van der Waals surface area contributed by atoms with Gasteiger partial charge in [-0.2, -0.15) is 0 Å². The lowest BCUT2D eigenvalue weighted by atomic mass is 10.0. The number of allylic oxidation sites excluding steroid dienone is 2. The summed E-state index contributed by atoms with van der Waals surface area (Å²) in [5, 5.41) is 0. The molecule has 18 heavy (non-hydrogen) atoms. The summed E-state index contributed by atoms with van der Waals surface area (Å²) in [7, 11) is 2.40. The van der Waals surface area contributed by atoms with Crippen molar-refractivity contribution in [2.24, 2.45) is 0 Å². The predicted molar refractivity (Wildman–Crippen MR) is 77.1 cm³/mol. The van der Waals surface area contributed by atoms with Crippen molar-refractivity contribution in [1.29, 1.82) is 0 Å². The Morgan fingerprint density at radius 1 is 1.00 bits per heavy atom. The van der Waals surface area contributed by atoms with Gasteiger partial charge < -0.3 is 4.48 Å². The van der Waals surface area contributed by atoms with Crippen LogP contribution in [0.3, 0.4) is 0 Å². The molecule has 0 N–H and O–H groups in total. The molecule has 0 saturated carbocycles. The third kappa shape index (κ3) is 2.51. The van der Waals surface area contributed by atoms with E-state index in [0.29, 0.717) is 0 Å². The van der Waals surface area contributed by atoms with E-state index in [1.807, 2.05) is 0 Å². The molecule has 2 aliphatic rings. The molecule has 1 aliphatic carbocycles. The second-order valence-electron chi connectivity index (χ2n) is 6.25. The number of benzene rings is 1. The van der Waals surface area contributed by atoms with Crippen molar-refractivity contribution in [1.82, 2.24) is 0 Å². The highest BCUT2D eigenvalue weighted by Crippen LogP contribution is 2.28. The molecule has 1 nitrogen and oxygen atoms in total. The fourth-order valence-electron chi connectivity index (χ4n) is 3.46. The van der Waals surface area contributed by atoms with Crippen molar-refractivity contribution in [3.05, 3.63) is 41.5 Å². The lowest BCUT2D eigenvalue weighted by molar-refractivity contribution is -0.910. The van der Waals surface area contributed by atoms with E-state index >= 15 is 0 Å². The highest BCUT2D eigenvalue weighted by molar-refractivity contribution is 5.67. The zero-order valence-corrected chi connectivity index (χ0v) is 11.5. The fourth-order valence-corrected chi connectivity index (χ4v) is 3.46. The smallest absolute Gasteiger partial charge is 0.104 e. The maximum Gasteiger partial charge on any atom is 0.104 e. The Morgan fingerprint density at radius 2 is 1.72 bits per heavy atom. The zero-order valence-electron chi connectivity index (χ0n) is 11.5. The molecular weight excluding hydrogens is 218 g/mol. The number of hydrogen-bond acceptors (Lipinski definition) is 0. The van der Waals surface area contributed by atoms with E-state index in [2.05, 4.69) is 37.4 Å². The molecule has 0 bridgehead atoms. The van der Waals surface area contributed by atoms with Gasteiger partial charge >= 0.3 is 0 Å². The van der Waals surface area contributed by atoms with Gasteiger partial charge in [0.2, 0.25) is 0 Å². The van der Waals surface area contributed by atoms with Gasteiger partial charge in [0.25, 0.3) is 0 Å². The molecule has 0 spiro atoms. The molecule has 1 aromatic carbocycles. The van der Waals surface area contributed by atoms with Gasteiger partial charge in [-0.15, -0.1) is 0 Å². The van der Waals surface area contributed by atoms with E-state index < -0.39 is 0 Å². The molecule has 0 amide bonds. The molecule has 96 valence electrons. The summed E-state index contributed by atoms with van der Waals surface area (Å²) < 4.78 is 1.24. The minimum atomic E-state index is 1.21. The predicted octanol–water partition coefficient (Wildman–Crippen LogP) is 3.99. The van der Waals surface area contributed by atoms with E-state index in [4.69, 9.17) is 0 Å². The van der Waals surface area contributed by atoms with Crippen LogP contribution in [0.15, 0.2) is 30.3 Å². The molecule has 3 rings (SSSR count). The van der Waals surface area contributed by atoms with E-state index in [1.165, 1.54) is 67.3 Å². The van der Waals surface area contributed by atoms with Crippen LogP contribution >= 0.6 is 0 Å². The van der Waals surface area contributed by atoms with Crippen molar-refractivity contribution in [2.75, 3.05) is 20.1 Å². The lowest BCUT2D eigenvalue weighted by Crippen LogP contribution is -2.39. The van der Waals surface area contributed by atoms with Crippen molar-refractivity contribution >= 4 is 5.57 Å². The Kier molecular flexibility index (Phi) is 3.25. The molecule has 0 aromatic heterocycles. The minimum Gasteiger partial charge on any atom is -0.322 e. The summed E-state index contributed by atoms with van der Waals surface area (Å²) in [4.78, 5) is 0. The van der Waals surface area contributed by atoms with Gasteiger partial charge in [0.05, 0.1) is 20.1 Å². The van der Waals surface area contributed by atoms with Crippen molar-refractivity contribution in [3.8, 4) is 0 Å². The summed E-state index contributed by atoms with van der Waals surface area (Å²) >= 11 is 0. The second kappa shape index (κ2) is 4.89. The quantitative estimate of drug-likeness (QED) is 0.703. The Labute approximate surface area is 111 Å². The van der Waals surface area contributed by atoms with Crippen LogP contribution in [0.1, 0.15) is 43.2 Å². The van der Waals surface area contributed by atoms with Crippen LogP contribution in [0, 0.1) is 0 Å². The fraction of sp³-hybridized carbons (Fsp3) is 0.529. The van der Waals surface area contributed by atoms with Crippen LogP contribution in [-0.4, -0.2) is 24.6 Å². The van der Waals surface area contributed by atoms with Crippen LogP contribution in [0.25, 0.3) is 5.57 Å². The van der Waals surface area contributed by atoms with E-state index in [1.54, 1.807) is 5.57 Å². The van der Waals surface area contributed by atoms with Crippen molar-refractivity contribution < 1.29 is 4.48 Å². The van der Waals surface area contributed by atoms with Gasteiger partial charge in [-0.25, -0.2) is 0 Å². The SMILES string of the molecule is C[N+]1(Cc2ccc(C3=CCCC3)cc2)CCCC1. The first-order chi connectivity index (χ1) is 8.75. The minimum absolute atomic E-state index is 1.21. The average molecular weight is 242 g/mol. The Morgan fingerprint density at radius 3 is 2.33 bits per heavy atom. The van der Waals surface area contributed by atoms with Gasteiger partial charge in [-0.05, 0) is 30.4 Å². The van der Waals surface area contributed by atoms with Crippen LogP contribution in [-0.2, 0) is 6.54 Å². The number of quaternary nitrogens is 1. The third-order valence-corrected chi connectivity index (χ3v) is 4.58. The Bertz CT molecular complexity index is 435. The normalized spacial score (nSPS) is 22.2. The molecule has 0 unspecified atom stereocenters. The van der Waals surface area contributed by atoms with Crippen molar-refractivity contribution in [2.45, 2.75) is 38.6 Å². The molecule has 1 heterocycles. The zero-order chi connectivity index (χ0) is 12.4. The standard InChI is InChI=1S/C17H24N/c1-18(12-4-5-13-18)14-15-8-10-17(11-9-15)16-6-2-3-7-16/h6,8-11H,2-5,7,12-14H2,1H3/q+1. The van der Waals surface area contributed by atoms with Crippen LogP contribution in [0.2, 0.25) is 0 Å². The van der Waals surface area contributed by atoms with Crippen molar-refractivity contribution in [3.63, 3.8) is 0 Å². The van der Waals surface area contributed by atoms with Gasteiger partial charge in [0.1, 0.15) is 6.54 Å². The molecule has 1 fully saturated rings. The van der Waals surface area contributed by atoms with E-state index in [-0.39, 0.29) is 0 Å². The average Bonchev–Trinajstić information content (AvgIpc) is 3.02. The topological polar surface area (TPSA) is 0 Å². The molecule has 0 radical (unpaired) electrons. The summed E-state index contributed by atoms with van der Waals surface area (Å²) in [6.45, 7) is 3.92. The molecule has 1 aliphatic heterocycles. The number of rotatable bonds is 3. The van der Waals surface area contributed by atoms with Crippen LogP contribution < -0.4 is 0 Å². The first-order valence-electron chi connectivity index (χ1n) is 7.37. The summed E-state index contributed by atoms with van der Waals surface area (Å²) in [5.74, 6) is 0. The molecule has 1 heteroatoms. The van der Waals surface area contributed by atoms with Crippen LogP contribution in [0.5, 0.6) is 0 Å². The van der Waals surface area contributed by atoms with Gasteiger partial charge in [0, 0.05) is 18.4 Å². The molecule has 1 saturated heterocycles. The summed E-state index contributed by atoms with van der Waals surface area (Å²) in [5.41, 5.74) is 4.50. The molecular formula is C17H24N+. The lowest BCUT2D eigenvalue weighted by Gasteiger charge is -2.29. The first kappa shape index (κ1) is 12.0. The monoisotopic (exact) mass is 242 g/mol. The summed E-state index contributed by atoms with van der Waals surface area (Å²) in [6.07, 6.45) is 9.09. The Hall–Kier alpha value is -1.08. The van der Waals surface area contributed by atoms with Gasteiger partial charge in [0.15, 0.2) is 0 Å². The van der Waals surface area contributed by atoms with Crippen LogP contribution in [0.4, 0.5) is 0 Å². The Balaban J connectivity index is 1.71. The first-order valence-corrected chi connectivity index (χ1v) is 7.37. The summed E-state index contributed by atoms with van der Waals surface area (Å²) in [6, 6.07) is 9.34. The maximum atomic E-state index is 2.41. The highest BCUT2D eigenvalue weighted by Gasteiger charge is 2.26.